The van der Waals surface area contributed by atoms with E-state index >= 15 is 0 Å². The lowest BCUT2D eigenvalue weighted by atomic mass is 9.72. The van der Waals surface area contributed by atoms with Crippen LogP contribution in [0.2, 0.25) is 0 Å². The molecule has 31 heavy (non-hydrogen) atoms. The van der Waals surface area contributed by atoms with E-state index in [2.05, 4.69) is 83.8 Å². The second-order valence-electron chi connectivity index (χ2n) is 9.59. The normalized spacial score (nSPS) is 16.4. The molecule has 0 amide bonds. The Bertz CT molecular complexity index is 1220. The van der Waals surface area contributed by atoms with Crippen LogP contribution in [0.25, 0.3) is 21.0 Å². The lowest BCUT2D eigenvalue weighted by molar-refractivity contribution is 0.218. The smallest absolute Gasteiger partial charge is 0.138 e. The fraction of sp³-hybridized carbons (Fsp3) is 0.385. The standard InChI is InChI=1S/C26H30N4S/c1-26(2,3)18-11-12-20-22(15-18)31-25-23(20)24(29-16-30-25)28-14-13-27-21-10-6-8-17-7-4-5-9-19(17)21/h4-10,16,18,27H,11-15H2,1-3H3,(H,28,29,30). The van der Waals surface area contributed by atoms with Gasteiger partial charge in [-0.3, -0.25) is 0 Å². The molecule has 0 radical (unpaired) electrons. The van der Waals surface area contributed by atoms with Crippen molar-refractivity contribution in [3.05, 3.63) is 59.2 Å². The third kappa shape index (κ3) is 3.99. The van der Waals surface area contributed by atoms with E-state index < -0.39 is 0 Å². The van der Waals surface area contributed by atoms with Crippen LogP contribution in [-0.2, 0) is 12.8 Å². The number of benzene rings is 2. The first-order valence-electron chi connectivity index (χ1n) is 11.2. The van der Waals surface area contributed by atoms with Crippen molar-refractivity contribution in [3.8, 4) is 0 Å². The molecular weight excluding hydrogens is 400 g/mol. The second kappa shape index (κ2) is 8.12. The van der Waals surface area contributed by atoms with Gasteiger partial charge < -0.3 is 10.6 Å². The molecule has 0 fully saturated rings. The maximum atomic E-state index is 4.61. The summed E-state index contributed by atoms with van der Waals surface area (Å²) in [4.78, 5) is 11.8. The molecule has 2 heterocycles. The van der Waals surface area contributed by atoms with Crippen molar-refractivity contribution >= 4 is 43.8 Å². The van der Waals surface area contributed by atoms with E-state index in [-0.39, 0.29) is 0 Å². The molecule has 0 spiro atoms. The summed E-state index contributed by atoms with van der Waals surface area (Å²) in [6.07, 6.45) is 5.25. The average molecular weight is 431 g/mol. The molecular formula is C26H30N4S. The second-order valence-corrected chi connectivity index (χ2v) is 10.7. The summed E-state index contributed by atoms with van der Waals surface area (Å²) < 4.78 is 0. The highest BCUT2D eigenvalue weighted by Gasteiger charge is 2.31. The van der Waals surface area contributed by atoms with Crippen LogP contribution in [-0.4, -0.2) is 23.1 Å². The van der Waals surface area contributed by atoms with Crippen LogP contribution in [0, 0.1) is 11.3 Å². The van der Waals surface area contributed by atoms with Gasteiger partial charge in [0.25, 0.3) is 0 Å². The van der Waals surface area contributed by atoms with Crippen LogP contribution in [0.1, 0.15) is 37.6 Å². The number of nitrogens with one attached hydrogen (secondary N) is 2. The number of aryl methyl sites for hydroxylation is 1. The highest BCUT2D eigenvalue weighted by molar-refractivity contribution is 7.19. The van der Waals surface area contributed by atoms with Crippen molar-refractivity contribution in [1.29, 1.82) is 0 Å². The van der Waals surface area contributed by atoms with Crippen LogP contribution in [0.15, 0.2) is 48.8 Å². The van der Waals surface area contributed by atoms with Crippen molar-refractivity contribution in [3.63, 3.8) is 0 Å². The van der Waals surface area contributed by atoms with Crippen LogP contribution < -0.4 is 10.6 Å². The molecule has 1 unspecified atom stereocenters. The largest absolute Gasteiger partial charge is 0.383 e. The molecule has 1 atom stereocenters. The van der Waals surface area contributed by atoms with Crippen molar-refractivity contribution in [2.45, 2.75) is 40.0 Å². The highest BCUT2D eigenvalue weighted by atomic mass is 32.1. The Hall–Kier alpha value is -2.66. The quantitative estimate of drug-likeness (QED) is 0.354. The molecule has 4 aromatic rings. The number of thiophene rings is 1. The van der Waals surface area contributed by atoms with Gasteiger partial charge in [0, 0.05) is 29.0 Å². The predicted molar refractivity (Wildman–Crippen MR) is 133 cm³/mol. The third-order valence-corrected chi connectivity index (χ3v) is 7.75. The first-order valence-corrected chi connectivity index (χ1v) is 12.0. The zero-order valence-electron chi connectivity index (χ0n) is 18.5. The molecule has 0 saturated heterocycles. The molecule has 0 saturated carbocycles. The average Bonchev–Trinajstić information content (AvgIpc) is 3.15. The van der Waals surface area contributed by atoms with E-state index in [0.29, 0.717) is 5.41 Å². The van der Waals surface area contributed by atoms with Crippen molar-refractivity contribution < 1.29 is 0 Å². The maximum absolute atomic E-state index is 4.61. The molecule has 0 bridgehead atoms. The maximum Gasteiger partial charge on any atom is 0.138 e. The van der Waals surface area contributed by atoms with Crippen LogP contribution in [0.5, 0.6) is 0 Å². The number of rotatable bonds is 5. The predicted octanol–water partition coefficient (Wildman–Crippen LogP) is 6.52. The lowest BCUT2D eigenvalue weighted by Gasteiger charge is -2.33. The zero-order chi connectivity index (χ0) is 21.4. The van der Waals surface area contributed by atoms with Gasteiger partial charge in [-0.15, -0.1) is 11.3 Å². The van der Waals surface area contributed by atoms with Crippen molar-refractivity contribution in [1.82, 2.24) is 9.97 Å². The van der Waals surface area contributed by atoms with Gasteiger partial charge >= 0.3 is 0 Å². The Labute approximate surface area is 188 Å². The van der Waals surface area contributed by atoms with Crippen LogP contribution >= 0.6 is 11.3 Å². The van der Waals surface area contributed by atoms with E-state index in [1.807, 2.05) is 11.3 Å². The SMILES string of the molecule is CC(C)(C)C1CCc2c(sc3ncnc(NCCNc4cccc5ccccc45)c23)C1. The fourth-order valence-corrected chi connectivity index (χ4v) is 6.01. The minimum absolute atomic E-state index is 0.355. The molecule has 2 N–H and O–H groups in total. The molecule has 5 rings (SSSR count). The molecule has 160 valence electrons. The summed E-state index contributed by atoms with van der Waals surface area (Å²) >= 11 is 1.86. The third-order valence-electron chi connectivity index (χ3n) is 6.59. The molecule has 0 aliphatic heterocycles. The van der Waals surface area contributed by atoms with Crippen molar-refractivity contribution in [2.75, 3.05) is 23.7 Å². The summed E-state index contributed by atoms with van der Waals surface area (Å²) in [5.74, 6) is 1.72. The monoisotopic (exact) mass is 430 g/mol. The fourth-order valence-electron chi connectivity index (χ4n) is 4.74. The number of hydrogen-bond acceptors (Lipinski definition) is 5. The molecule has 5 heteroatoms. The minimum atomic E-state index is 0.355. The zero-order valence-corrected chi connectivity index (χ0v) is 19.4. The summed E-state index contributed by atoms with van der Waals surface area (Å²) in [6, 6.07) is 14.9. The summed E-state index contributed by atoms with van der Waals surface area (Å²) in [5.41, 5.74) is 3.01. The number of fused-ring (bicyclic) bond motifs is 4. The van der Waals surface area contributed by atoms with Gasteiger partial charge in [0.15, 0.2) is 0 Å². The number of aromatic nitrogens is 2. The Morgan fingerprint density at radius 2 is 1.81 bits per heavy atom. The minimum Gasteiger partial charge on any atom is -0.383 e. The van der Waals surface area contributed by atoms with Gasteiger partial charge in [-0.05, 0) is 47.6 Å². The van der Waals surface area contributed by atoms with Gasteiger partial charge in [-0.1, -0.05) is 57.2 Å². The van der Waals surface area contributed by atoms with E-state index in [0.717, 1.165) is 36.1 Å². The topological polar surface area (TPSA) is 49.8 Å². The summed E-state index contributed by atoms with van der Waals surface area (Å²) in [6.45, 7) is 8.74. The van der Waals surface area contributed by atoms with E-state index in [9.17, 15) is 0 Å². The van der Waals surface area contributed by atoms with E-state index in [4.69, 9.17) is 0 Å². The van der Waals surface area contributed by atoms with Crippen LogP contribution in [0.4, 0.5) is 11.5 Å². The van der Waals surface area contributed by atoms with Gasteiger partial charge in [0.2, 0.25) is 0 Å². The first-order chi connectivity index (χ1) is 15.0. The Morgan fingerprint density at radius 3 is 2.68 bits per heavy atom. The molecule has 2 aromatic carbocycles. The Balaban J connectivity index is 1.31. The Morgan fingerprint density at radius 1 is 1.00 bits per heavy atom. The lowest BCUT2D eigenvalue weighted by Crippen LogP contribution is -2.26. The molecule has 1 aliphatic rings. The number of anilines is 2. The van der Waals surface area contributed by atoms with Crippen LogP contribution in [0.3, 0.4) is 0 Å². The number of nitrogens with zero attached hydrogens (tertiary/aromatic N) is 2. The van der Waals surface area contributed by atoms with Gasteiger partial charge in [-0.2, -0.15) is 0 Å². The highest BCUT2D eigenvalue weighted by Crippen LogP contribution is 2.44. The summed E-state index contributed by atoms with van der Waals surface area (Å²) in [7, 11) is 0. The van der Waals surface area contributed by atoms with E-state index in [1.165, 1.54) is 45.1 Å². The van der Waals surface area contributed by atoms with Gasteiger partial charge in [0.05, 0.1) is 5.39 Å². The van der Waals surface area contributed by atoms with Gasteiger partial charge in [-0.25, -0.2) is 9.97 Å². The Kier molecular flexibility index (Phi) is 5.30. The molecule has 2 aromatic heterocycles. The van der Waals surface area contributed by atoms with Crippen molar-refractivity contribution in [2.24, 2.45) is 11.3 Å². The first kappa shape index (κ1) is 20.3. The molecule has 1 aliphatic carbocycles. The summed E-state index contributed by atoms with van der Waals surface area (Å²) in [5, 5.41) is 10.9. The van der Waals surface area contributed by atoms with E-state index in [1.54, 1.807) is 6.33 Å². The van der Waals surface area contributed by atoms with Gasteiger partial charge in [0.1, 0.15) is 17.0 Å². The number of hydrogen-bond donors (Lipinski definition) is 2. The molecule has 4 nitrogen and oxygen atoms in total.